The SMILES string of the molecule is COc1ccc(-c2noc(CSCc3cccc(C)c3)n2)cc1OC. The first-order chi connectivity index (χ1) is 12.2. The molecule has 3 aromatic rings. The number of thioether (sulfide) groups is 1. The molecule has 2 aromatic carbocycles. The number of hydrogen-bond donors (Lipinski definition) is 0. The molecule has 0 saturated carbocycles. The summed E-state index contributed by atoms with van der Waals surface area (Å²) < 4.78 is 15.9. The van der Waals surface area contributed by atoms with E-state index in [0.717, 1.165) is 11.3 Å². The second-order valence-corrected chi connectivity index (χ2v) is 6.55. The third-order valence-electron chi connectivity index (χ3n) is 3.69. The molecule has 1 heterocycles. The summed E-state index contributed by atoms with van der Waals surface area (Å²) in [4.78, 5) is 4.47. The van der Waals surface area contributed by atoms with E-state index in [0.29, 0.717) is 29.0 Å². The lowest BCUT2D eigenvalue weighted by molar-refractivity contribution is 0.355. The Morgan fingerprint density at radius 3 is 2.60 bits per heavy atom. The topological polar surface area (TPSA) is 57.4 Å². The van der Waals surface area contributed by atoms with Crippen molar-refractivity contribution >= 4 is 11.8 Å². The van der Waals surface area contributed by atoms with Gasteiger partial charge in [0.15, 0.2) is 11.5 Å². The molecule has 0 amide bonds. The molecule has 0 atom stereocenters. The Labute approximate surface area is 151 Å². The van der Waals surface area contributed by atoms with Crippen LogP contribution in [0.2, 0.25) is 0 Å². The fourth-order valence-corrected chi connectivity index (χ4v) is 3.27. The standard InChI is InChI=1S/C19H20N2O3S/c1-13-5-4-6-14(9-13)11-25-12-18-20-19(21-24-18)15-7-8-16(22-2)17(10-15)23-3/h4-10H,11-12H2,1-3H3. The van der Waals surface area contributed by atoms with Crippen LogP contribution in [0.1, 0.15) is 17.0 Å². The molecule has 0 radical (unpaired) electrons. The lowest BCUT2D eigenvalue weighted by Gasteiger charge is -2.07. The van der Waals surface area contributed by atoms with E-state index in [1.165, 1.54) is 11.1 Å². The van der Waals surface area contributed by atoms with Crippen LogP contribution in [0.25, 0.3) is 11.4 Å². The van der Waals surface area contributed by atoms with Gasteiger partial charge in [-0.1, -0.05) is 35.0 Å². The Balaban J connectivity index is 1.64. The number of aromatic nitrogens is 2. The Kier molecular flexibility index (Phi) is 5.60. The van der Waals surface area contributed by atoms with Gasteiger partial charge in [0.05, 0.1) is 20.0 Å². The van der Waals surface area contributed by atoms with Crippen molar-refractivity contribution in [2.24, 2.45) is 0 Å². The normalized spacial score (nSPS) is 10.7. The third-order valence-corrected chi connectivity index (χ3v) is 4.68. The molecule has 25 heavy (non-hydrogen) atoms. The highest BCUT2D eigenvalue weighted by Gasteiger charge is 2.12. The lowest BCUT2D eigenvalue weighted by atomic mass is 10.2. The summed E-state index contributed by atoms with van der Waals surface area (Å²) in [5.74, 6) is 4.06. The van der Waals surface area contributed by atoms with Gasteiger partial charge in [0, 0.05) is 11.3 Å². The number of aryl methyl sites for hydroxylation is 1. The summed E-state index contributed by atoms with van der Waals surface area (Å²) >= 11 is 1.75. The zero-order chi connectivity index (χ0) is 17.6. The van der Waals surface area contributed by atoms with Crippen LogP contribution in [0.5, 0.6) is 11.5 Å². The van der Waals surface area contributed by atoms with Gasteiger partial charge in [0.1, 0.15) is 0 Å². The summed E-state index contributed by atoms with van der Waals surface area (Å²) in [5, 5.41) is 4.06. The van der Waals surface area contributed by atoms with E-state index in [2.05, 4.69) is 41.3 Å². The van der Waals surface area contributed by atoms with Gasteiger partial charge in [-0.05, 0) is 30.7 Å². The van der Waals surface area contributed by atoms with Gasteiger partial charge < -0.3 is 14.0 Å². The predicted octanol–water partition coefficient (Wildman–Crippen LogP) is 4.50. The van der Waals surface area contributed by atoms with Gasteiger partial charge in [-0.15, -0.1) is 11.8 Å². The van der Waals surface area contributed by atoms with Crippen LogP contribution in [-0.4, -0.2) is 24.4 Å². The molecule has 130 valence electrons. The molecule has 0 N–H and O–H groups in total. The van der Waals surface area contributed by atoms with Crippen molar-refractivity contribution in [3.8, 4) is 22.9 Å². The van der Waals surface area contributed by atoms with Crippen LogP contribution in [0.15, 0.2) is 47.0 Å². The van der Waals surface area contributed by atoms with E-state index in [4.69, 9.17) is 14.0 Å². The maximum atomic E-state index is 5.36. The van der Waals surface area contributed by atoms with Gasteiger partial charge in [-0.3, -0.25) is 0 Å². The van der Waals surface area contributed by atoms with Gasteiger partial charge in [-0.2, -0.15) is 4.98 Å². The quantitative estimate of drug-likeness (QED) is 0.621. The minimum absolute atomic E-state index is 0.548. The van der Waals surface area contributed by atoms with Crippen LogP contribution in [0.4, 0.5) is 0 Å². The Bertz CT molecular complexity index is 848. The fraction of sp³-hybridized carbons (Fsp3) is 0.263. The summed E-state index contributed by atoms with van der Waals surface area (Å²) in [7, 11) is 3.21. The number of hydrogen-bond acceptors (Lipinski definition) is 6. The van der Waals surface area contributed by atoms with Gasteiger partial charge in [0.2, 0.25) is 11.7 Å². The second-order valence-electron chi connectivity index (χ2n) is 5.56. The number of nitrogens with zero attached hydrogens (tertiary/aromatic N) is 2. The van der Waals surface area contributed by atoms with Crippen LogP contribution >= 0.6 is 11.8 Å². The van der Waals surface area contributed by atoms with Crippen LogP contribution in [0.3, 0.4) is 0 Å². The summed E-state index contributed by atoms with van der Waals surface area (Å²) in [6.07, 6.45) is 0. The van der Waals surface area contributed by atoms with E-state index in [1.54, 1.807) is 26.0 Å². The average molecular weight is 356 g/mol. The van der Waals surface area contributed by atoms with Crippen molar-refractivity contribution in [3.05, 3.63) is 59.5 Å². The van der Waals surface area contributed by atoms with Crippen molar-refractivity contribution in [2.75, 3.05) is 14.2 Å². The number of benzene rings is 2. The third kappa shape index (κ3) is 4.33. The summed E-state index contributed by atoms with van der Waals surface area (Å²) in [6.45, 7) is 2.10. The molecule has 1 aromatic heterocycles. The van der Waals surface area contributed by atoms with E-state index in [-0.39, 0.29) is 0 Å². The molecule has 0 aliphatic heterocycles. The van der Waals surface area contributed by atoms with Gasteiger partial charge in [0.25, 0.3) is 0 Å². The van der Waals surface area contributed by atoms with Crippen molar-refractivity contribution < 1.29 is 14.0 Å². The minimum Gasteiger partial charge on any atom is -0.493 e. The highest BCUT2D eigenvalue weighted by Crippen LogP contribution is 2.31. The minimum atomic E-state index is 0.548. The summed E-state index contributed by atoms with van der Waals surface area (Å²) in [6, 6.07) is 14.0. The molecule has 0 saturated heterocycles. The average Bonchev–Trinajstić information content (AvgIpc) is 3.10. The molecule has 5 nitrogen and oxygen atoms in total. The van der Waals surface area contributed by atoms with E-state index in [9.17, 15) is 0 Å². The first-order valence-corrected chi connectivity index (χ1v) is 9.03. The van der Waals surface area contributed by atoms with Crippen molar-refractivity contribution in [1.29, 1.82) is 0 Å². The lowest BCUT2D eigenvalue weighted by Crippen LogP contribution is -1.91. The van der Waals surface area contributed by atoms with Crippen LogP contribution in [-0.2, 0) is 11.5 Å². The van der Waals surface area contributed by atoms with Crippen LogP contribution < -0.4 is 9.47 Å². The maximum absolute atomic E-state index is 5.36. The molecule has 0 aliphatic carbocycles. The molecular formula is C19H20N2O3S. The largest absolute Gasteiger partial charge is 0.493 e. The maximum Gasteiger partial charge on any atom is 0.236 e. The summed E-state index contributed by atoms with van der Waals surface area (Å²) in [5.41, 5.74) is 3.40. The van der Waals surface area contributed by atoms with Gasteiger partial charge in [-0.25, -0.2) is 0 Å². The van der Waals surface area contributed by atoms with Crippen molar-refractivity contribution in [2.45, 2.75) is 18.4 Å². The second kappa shape index (κ2) is 8.07. The smallest absolute Gasteiger partial charge is 0.236 e. The van der Waals surface area contributed by atoms with E-state index < -0.39 is 0 Å². The van der Waals surface area contributed by atoms with Crippen molar-refractivity contribution in [3.63, 3.8) is 0 Å². The first-order valence-electron chi connectivity index (χ1n) is 7.88. The number of ether oxygens (including phenoxy) is 2. The Morgan fingerprint density at radius 2 is 1.84 bits per heavy atom. The first kappa shape index (κ1) is 17.4. The molecule has 0 unspecified atom stereocenters. The molecule has 6 heteroatoms. The zero-order valence-electron chi connectivity index (χ0n) is 14.5. The zero-order valence-corrected chi connectivity index (χ0v) is 15.3. The molecule has 3 rings (SSSR count). The Morgan fingerprint density at radius 1 is 1.00 bits per heavy atom. The highest BCUT2D eigenvalue weighted by atomic mass is 32.2. The molecule has 0 aliphatic rings. The van der Waals surface area contributed by atoms with Crippen LogP contribution in [0, 0.1) is 6.92 Å². The van der Waals surface area contributed by atoms with E-state index in [1.807, 2.05) is 18.2 Å². The highest BCUT2D eigenvalue weighted by molar-refractivity contribution is 7.97. The Hall–Kier alpha value is -2.47. The molecule has 0 spiro atoms. The molecular weight excluding hydrogens is 336 g/mol. The fourth-order valence-electron chi connectivity index (χ4n) is 2.46. The van der Waals surface area contributed by atoms with Gasteiger partial charge >= 0.3 is 0 Å². The number of rotatable bonds is 7. The monoisotopic (exact) mass is 356 g/mol. The number of methoxy groups -OCH3 is 2. The van der Waals surface area contributed by atoms with E-state index >= 15 is 0 Å². The van der Waals surface area contributed by atoms with Crippen molar-refractivity contribution in [1.82, 2.24) is 10.1 Å². The molecule has 0 bridgehead atoms. The molecule has 0 fully saturated rings. The predicted molar refractivity (Wildman–Crippen MR) is 99.0 cm³/mol.